The Morgan fingerprint density at radius 2 is 1.74 bits per heavy atom. The quantitative estimate of drug-likeness (QED) is 0.894. The molecule has 0 radical (unpaired) electrons. The Bertz CT molecular complexity index is 444. The minimum absolute atomic E-state index is 0.619. The topological polar surface area (TPSA) is 15.3 Å². The smallest absolute Gasteiger partial charge is 0.0328 e. The number of likely N-dealkylation sites (tertiary alicyclic amines) is 1. The van der Waals surface area contributed by atoms with E-state index < -0.39 is 0 Å². The van der Waals surface area contributed by atoms with Gasteiger partial charge in [0.15, 0.2) is 0 Å². The third-order valence-corrected chi connectivity index (χ3v) is 5.16. The highest BCUT2D eigenvalue weighted by Crippen LogP contribution is 2.33. The maximum Gasteiger partial charge on any atom is 0.0328 e. The van der Waals surface area contributed by atoms with E-state index in [4.69, 9.17) is 0 Å². The van der Waals surface area contributed by atoms with E-state index in [2.05, 4.69) is 34.5 Å². The largest absolute Gasteiger partial charge is 0.307 e. The first-order chi connectivity index (χ1) is 9.40. The maximum absolute atomic E-state index is 3.93. The number of benzene rings is 1. The number of hydrogen-bond acceptors (Lipinski definition) is 2. The number of fused-ring (bicyclic) bond motifs is 1. The van der Waals surface area contributed by atoms with Crippen LogP contribution in [0.5, 0.6) is 0 Å². The summed E-state index contributed by atoms with van der Waals surface area (Å²) < 4.78 is 0. The Kier molecular flexibility index (Phi) is 3.08. The lowest BCUT2D eigenvalue weighted by atomic mass is 10.0. The first-order valence-corrected chi connectivity index (χ1v) is 7.98. The van der Waals surface area contributed by atoms with Gasteiger partial charge in [0.1, 0.15) is 0 Å². The molecule has 3 aliphatic rings. The number of hydrogen-bond donors (Lipinski definition) is 1. The van der Waals surface area contributed by atoms with Crippen LogP contribution in [0.3, 0.4) is 0 Å². The molecular weight excluding hydrogens is 232 g/mol. The number of piperidine rings is 1. The van der Waals surface area contributed by atoms with Crippen LogP contribution in [0, 0.1) is 0 Å². The van der Waals surface area contributed by atoms with Crippen LogP contribution in [0.2, 0.25) is 0 Å². The van der Waals surface area contributed by atoms with Gasteiger partial charge in [0.05, 0.1) is 0 Å². The van der Waals surface area contributed by atoms with Crippen molar-refractivity contribution < 1.29 is 0 Å². The summed E-state index contributed by atoms with van der Waals surface area (Å²) in [7, 11) is 0. The summed E-state index contributed by atoms with van der Waals surface area (Å²) in [4.78, 5) is 2.71. The summed E-state index contributed by atoms with van der Waals surface area (Å²) in [6.45, 7) is 2.63. The Morgan fingerprint density at radius 1 is 0.947 bits per heavy atom. The van der Waals surface area contributed by atoms with Crippen LogP contribution in [-0.2, 0) is 6.42 Å². The van der Waals surface area contributed by atoms with Crippen molar-refractivity contribution in [1.29, 1.82) is 0 Å². The molecule has 1 aromatic rings. The van der Waals surface area contributed by atoms with Crippen LogP contribution in [0.25, 0.3) is 0 Å². The van der Waals surface area contributed by atoms with E-state index in [1.807, 2.05) is 0 Å². The maximum atomic E-state index is 3.93. The molecule has 1 N–H and O–H groups in total. The fourth-order valence-corrected chi connectivity index (χ4v) is 3.89. The average molecular weight is 256 g/mol. The zero-order valence-corrected chi connectivity index (χ0v) is 11.6. The second kappa shape index (κ2) is 4.92. The van der Waals surface area contributed by atoms with E-state index in [0.717, 1.165) is 12.1 Å². The van der Waals surface area contributed by atoms with Crippen molar-refractivity contribution in [3.63, 3.8) is 0 Å². The van der Waals surface area contributed by atoms with Crippen LogP contribution in [0.1, 0.15) is 49.3 Å². The molecule has 1 aliphatic heterocycles. The Hall–Kier alpha value is -0.860. The van der Waals surface area contributed by atoms with Gasteiger partial charge in [0.2, 0.25) is 0 Å². The second-order valence-electron chi connectivity index (χ2n) is 6.50. The van der Waals surface area contributed by atoms with Gasteiger partial charge in [0, 0.05) is 18.1 Å². The van der Waals surface area contributed by atoms with Gasteiger partial charge in [-0.15, -0.1) is 0 Å². The van der Waals surface area contributed by atoms with E-state index in [1.165, 1.54) is 51.6 Å². The normalized spacial score (nSPS) is 28.5. The second-order valence-corrected chi connectivity index (χ2v) is 6.50. The highest BCUT2D eigenvalue weighted by molar-refractivity contribution is 5.34. The third kappa shape index (κ3) is 2.44. The van der Waals surface area contributed by atoms with Crippen molar-refractivity contribution in [2.75, 3.05) is 13.1 Å². The van der Waals surface area contributed by atoms with Gasteiger partial charge in [-0.05, 0) is 62.7 Å². The Balaban J connectivity index is 1.35. The minimum atomic E-state index is 0.619. The zero-order valence-electron chi connectivity index (χ0n) is 11.6. The molecule has 1 atom stereocenters. The Labute approximate surface area is 116 Å². The van der Waals surface area contributed by atoms with Crippen LogP contribution in [0.15, 0.2) is 24.3 Å². The molecule has 1 saturated heterocycles. The highest BCUT2D eigenvalue weighted by atomic mass is 15.2. The van der Waals surface area contributed by atoms with E-state index in [9.17, 15) is 0 Å². The molecule has 1 unspecified atom stereocenters. The minimum Gasteiger partial charge on any atom is -0.307 e. The first-order valence-electron chi connectivity index (χ1n) is 7.98. The summed E-state index contributed by atoms with van der Waals surface area (Å²) in [5.41, 5.74) is 3.13. The molecule has 2 heteroatoms. The molecule has 4 rings (SSSR count). The van der Waals surface area contributed by atoms with Gasteiger partial charge < -0.3 is 10.2 Å². The summed E-state index contributed by atoms with van der Waals surface area (Å²) in [6, 6.07) is 11.3. The van der Waals surface area contributed by atoms with Crippen LogP contribution in [0.4, 0.5) is 0 Å². The summed E-state index contributed by atoms with van der Waals surface area (Å²) in [5, 5.41) is 3.93. The molecule has 2 fully saturated rings. The van der Waals surface area contributed by atoms with Crippen LogP contribution >= 0.6 is 0 Å². The summed E-state index contributed by atoms with van der Waals surface area (Å²) in [6.07, 6.45) is 8.14. The molecule has 1 saturated carbocycles. The highest BCUT2D eigenvalue weighted by Gasteiger charge is 2.33. The molecule has 1 aromatic carbocycles. The van der Waals surface area contributed by atoms with Crippen LogP contribution < -0.4 is 5.32 Å². The van der Waals surface area contributed by atoms with Crippen molar-refractivity contribution in [3.8, 4) is 0 Å². The molecule has 2 nitrogen and oxygen atoms in total. The van der Waals surface area contributed by atoms with E-state index in [-0.39, 0.29) is 0 Å². The molecule has 2 aliphatic carbocycles. The lowest BCUT2D eigenvalue weighted by molar-refractivity contribution is 0.183. The third-order valence-electron chi connectivity index (χ3n) is 5.16. The fraction of sp³-hybridized carbons (Fsp3) is 0.647. The lowest BCUT2D eigenvalue weighted by Crippen LogP contribution is -2.44. The predicted octanol–water partition coefficient (Wildman–Crippen LogP) is 2.89. The van der Waals surface area contributed by atoms with E-state index in [1.54, 1.807) is 11.1 Å². The van der Waals surface area contributed by atoms with Crippen molar-refractivity contribution >= 4 is 0 Å². The average Bonchev–Trinajstić information content (AvgIpc) is 3.23. The fourth-order valence-electron chi connectivity index (χ4n) is 3.89. The molecule has 0 bridgehead atoms. The first kappa shape index (κ1) is 11.9. The SMILES string of the molecule is c1ccc2c(c1)CCC2NC1CCN(C2CC2)CC1. The molecule has 0 spiro atoms. The standard InChI is InChI=1S/C17H24N2/c1-2-4-16-13(3-1)5-8-17(16)18-14-9-11-19(12-10-14)15-6-7-15/h1-4,14-15,17-18H,5-12H2. The molecule has 1 heterocycles. The van der Waals surface area contributed by atoms with Gasteiger partial charge in [-0.25, -0.2) is 0 Å². The van der Waals surface area contributed by atoms with Crippen molar-refractivity contribution in [2.45, 2.75) is 56.7 Å². The van der Waals surface area contributed by atoms with E-state index in [0.29, 0.717) is 6.04 Å². The summed E-state index contributed by atoms with van der Waals surface area (Å²) >= 11 is 0. The molecule has 0 amide bonds. The van der Waals surface area contributed by atoms with Crippen molar-refractivity contribution in [1.82, 2.24) is 10.2 Å². The van der Waals surface area contributed by atoms with Gasteiger partial charge in [-0.2, -0.15) is 0 Å². The number of aryl methyl sites for hydroxylation is 1. The van der Waals surface area contributed by atoms with Crippen LogP contribution in [-0.4, -0.2) is 30.1 Å². The van der Waals surface area contributed by atoms with Gasteiger partial charge >= 0.3 is 0 Å². The lowest BCUT2D eigenvalue weighted by Gasteiger charge is -2.34. The monoisotopic (exact) mass is 256 g/mol. The number of nitrogens with zero attached hydrogens (tertiary/aromatic N) is 1. The van der Waals surface area contributed by atoms with E-state index >= 15 is 0 Å². The molecular formula is C17H24N2. The van der Waals surface area contributed by atoms with Gasteiger partial charge in [0.25, 0.3) is 0 Å². The summed E-state index contributed by atoms with van der Waals surface area (Å²) in [5.74, 6) is 0. The van der Waals surface area contributed by atoms with Crippen molar-refractivity contribution in [2.24, 2.45) is 0 Å². The Morgan fingerprint density at radius 3 is 2.53 bits per heavy atom. The number of nitrogens with one attached hydrogen (secondary N) is 1. The predicted molar refractivity (Wildman–Crippen MR) is 78.3 cm³/mol. The van der Waals surface area contributed by atoms with Crippen molar-refractivity contribution in [3.05, 3.63) is 35.4 Å². The molecule has 102 valence electrons. The zero-order chi connectivity index (χ0) is 12.7. The molecule has 0 aromatic heterocycles. The van der Waals surface area contributed by atoms with Gasteiger partial charge in [-0.3, -0.25) is 0 Å². The molecule has 19 heavy (non-hydrogen) atoms. The van der Waals surface area contributed by atoms with Gasteiger partial charge in [-0.1, -0.05) is 24.3 Å². The number of rotatable bonds is 3.